The number of hydrogen-bond donors (Lipinski definition) is 1. The van der Waals surface area contributed by atoms with Gasteiger partial charge < -0.3 is 5.32 Å². The molecule has 0 bridgehead atoms. The van der Waals surface area contributed by atoms with Gasteiger partial charge in [-0.15, -0.1) is 21.5 Å². The predicted molar refractivity (Wildman–Crippen MR) is 117 cm³/mol. The van der Waals surface area contributed by atoms with Gasteiger partial charge in [-0.05, 0) is 55.5 Å². The van der Waals surface area contributed by atoms with Crippen LogP contribution < -0.4 is 5.32 Å². The van der Waals surface area contributed by atoms with Gasteiger partial charge in [-0.25, -0.2) is 9.37 Å². The molecule has 1 aromatic carbocycles. The number of rotatable bonds is 6. The number of benzene rings is 1. The van der Waals surface area contributed by atoms with E-state index in [1.165, 1.54) is 36.0 Å². The van der Waals surface area contributed by atoms with Crippen molar-refractivity contribution < 1.29 is 9.18 Å². The number of nitrogens with zero attached hydrogens (tertiary/aromatic N) is 4. The smallest absolute Gasteiger partial charge is 0.234 e. The van der Waals surface area contributed by atoms with E-state index < -0.39 is 0 Å². The number of thioether (sulfide) groups is 1. The number of pyridine rings is 1. The monoisotopic (exact) mass is 437 g/mol. The standard InChI is InChI=1S/C21H16FN5OS2/c1-13-20(30-21(24-13)14-3-2-10-23-11-14)17-8-9-19(27-26-17)29-12-18(28)25-16-6-4-15(22)5-7-16/h2-11H,12H2,1H3,(H,25,28). The van der Waals surface area contributed by atoms with Crippen LogP contribution in [-0.2, 0) is 4.79 Å². The third kappa shape index (κ3) is 4.87. The van der Waals surface area contributed by atoms with Crippen molar-refractivity contribution in [3.05, 3.63) is 72.4 Å². The van der Waals surface area contributed by atoms with Crippen molar-refractivity contribution in [1.82, 2.24) is 20.2 Å². The number of thiazole rings is 1. The number of amides is 1. The van der Waals surface area contributed by atoms with E-state index in [9.17, 15) is 9.18 Å². The molecule has 0 spiro atoms. The maximum atomic E-state index is 12.9. The molecule has 0 atom stereocenters. The third-order valence-corrected chi connectivity index (χ3v) is 6.21. The molecule has 4 rings (SSSR count). The molecule has 0 saturated heterocycles. The highest BCUT2D eigenvalue weighted by Gasteiger charge is 2.13. The summed E-state index contributed by atoms with van der Waals surface area (Å²) in [6.07, 6.45) is 3.51. The summed E-state index contributed by atoms with van der Waals surface area (Å²) < 4.78 is 12.9. The first-order valence-corrected chi connectivity index (χ1v) is 10.8. The first-order chi connectivity index (χ1) is 14.6. The first-order valence-electron chi connectivity index (χ1n) is 8.98. The normalized spacial score (nSPS) is 10.7. The van der Waals surface area contributed by atoms with Gasteiger partial charge in [0.05, 0.1) is 16.3 Å². The van der Waals surface area contributed by atoms with Crippen molar-refractivity contribution in [3.63, 3.8) is 0 Å². The van der Waals surface area contributed by atoms with Crippen molar-refractivity contribution in [2.45, 2.75) is 11.9 Å². The maximum absolute atomic E-state index is 12.9. The molecule has 9 heteroatoms. The van der Waals surface area contributed by atoms with Crippen LogP contribution in [0.5, 0.6) is 0 Å². The molecule has 4 aromatic rings. The van der Waals surface area contributed by atoms with Crippen LogP contribution in [-0.4, -0.2) is 31.8 Å². The van der Waals surface area contributed by atoms with E-state index in [0.717, 1.165) is 26.8 Å². The van der Waals surface area contributed by atoms with E-state index in [-0.39, 0.29) is 17.5 Å². The molecule has 0 radical (unpaired) electrons. The maximum Gasteiger partial charge on any atom is 0.234 e. The van der Waals surface area contributed by atoms with E-state index in [2.05, 4.69) is 25.5 Å². The van der Waals surface area contributed by atoms with Gasteiger partial charge in [0.1, 0.15) is 21.5 Å². The summed E-state index contributed by atoms with van der Waals surface area (Å²) in [7, 11) is 0. The van der Waals surface area contributed by atoms with Gasteiger partial charge in [-0.3, -0.25) is 9.78 Å². The molecule has 0 aliphatic heterocycles. The fourth-order valence-electron chi connectivity index (χ4n) is 2.63. The predicted octanol–water partition coefficient (Wildman–Crippen LogP) is 4.84. The average molecular weight is 438 g/mol. The van der Waals surface area contributed by atoms with Crippen molar-refractivity contribution >= 4 is 34.7 Å². The largest absolute Gasteiger partial charge is 0.325 e. The fourth-order valence-corrected chi connectivity index (χ4v) is 4.27. The number of carbonyl (C=O) groups is 1. The van der Waals surface area contributed by atoms with Crippen LogP contribution in [0.15, 0.2) is 66.0 Å². The summed E-state index contributed by atoms with van der Waals surface area (Å²) in [6, 6.07) is 13.2. The topological polar surface area (TPSA) is 80.7 Å². The van der Waals surface area contributed by atoms with Gasteiger partial charge in [-0.2, -0.15) is 0 Å². The summed E-state index contributed by atoms with van der Waals surface area (Å²) in [6.45, 7) is 1.94. The Morgan fingerprint density at radius 2 is 1.97 bits per heavy atom. The molecule has 0 aliphatic carbocycles. The van der Waals surface area contributed by atoms with Crippen LogP contribution in [0, 0.1) is 12.7 Å². The second kappa shape index (κ2) is 9.10. The van der Waals surface area contributed by atoms with E-state index in [0.29, 0.717) is 10.7 Å². The number of hydrogen-bond acceptors (Lipinski definition) is 7. The minimum Gasteiger partial charge on any atom is -0.325 e. The van der Waals surface area contributed by atoms with Gasteiger partial charge in [0.2, 0.25) is 5.91 Å². The van der Waals surface area contributed by atoms with E-state index in [4.69, 9.17) is 0 Å². The zero-order valence-corrected chi connectivity index (χ0v) is 17.5. The summed E-state index contributed by atoms with van der Waals surface area (Å²) in [5, 5.41) is 12.8. The molecule has 0 fully saturated rings. The van der Waals surface area contributed by atoms with Gasteiger partial charge in [0, 0.05) is 23.6 Å². The van der Waals surface area contributed by atoms with Gasteiger partial charge in [0.15, 0.2) is 0 Å². The van der Waals surface area contributed by atoms with E-state index >= 15 is 0 Å². The minimum absolute atomic E-state index is 0.177. The van der Waals surface area contributed by atoms with Crippen molar-refractivity contribution in [2.24, 2.45) is 0 Å². The van der Waals surface area contributed by atoms with Crippen molar-refractivity contribution in [1.29, 1.82) is 0 Å². The number of nitrogens with one attached hydrogen (secondary N) is 1. The number of carbonyl (C=O) groups excluding carboxylic acids is 1. The first kappa shape index (κ1) is 20.1. The van der Waals surface area contributed by atoms with Crippen LogP contribution in [0.2, 0.25) is 0 Å². The van der Waals surface area contributed by atoms with Gasteiger partial charge in [0.25, 0.3) is 0 Å². The lowest BCUT2D eigenvalue weighted by atomic mass is 10.3. The minimum atomic E-state index is -0.346. The second-order valence-electron chi connectivity index (χ2n) is 6.28. The summed E-state index contributed by atoms with van der Waals surface area (Å²) in [5.41, 5.74) is 3.13. The molecule has 30 heavy (non-hydrogen) atoms. The van der Waals surface area contributed by atoms with Crippen LogP contribution in [0.3, 0.4) is 0 Å². The lowest BCUT2D eigenvalue weighted by Crippen LogP contribution is -2.14. The van der Waals surface area contributed by atoms with Crippen LogP contribution in [0.1, 0.15) is 5.69 Å². The Balaban J connectivity index is 1.39. The van der Waals surface area contributed by atoms with Crippen LogP contribution in [0.4, 0.5) is 10.1 Å². The Morgan fingerprint density at radius 3 is 2.67 bits per heavy atom. The average Bonchev–Trinajstić information content (AvgIpc) is 3.16. The number of anilines is 1. The highest BCUT2D eigenvalue weighted by Crippen LogP contribution is 2.34. The fraction of sp³-hybridized carbons (Fsp3) is 0.0952. The Morgan fingerprint density at radius 1 is 1.13 bits per heavy atom. The molecule has 150 valence electrons. The van der Waals surface area contributed by atoms with E-state index in [1.807, 2.05) is 31.2 Å². The molecule has 0 aliphatic rings. The third-order valence-electron chi connectivity index (χ3n) is 4.06. The summed E-state index contributed by atoms with van der Waals surface area (Å²) >= 11 is 2.82. The quantitative estimate of drug-likeness (QED) is 0.435. The lowest BCUT2D eigenvalue weighted by Gasteiger charge is -2.05. The molecule has 0 unspecified atom stereocenters. The van der Waals surface area contributed by atoms with Crippen LogP contribution >= 0.6 is 23.1 Å². The zero-order valence-electron chi connectivity index (χ0n) is 15.9. The Kier molecular flexibility index (Phi) is 6.10. The molecule has 3 aromatic heterocycles. The highest BCUT2D eigenvalue weighted by molar-refractivity contribution is 7.99. The molecule has 0 saturated carbocycles. The van der Waals surface area contributed by atoms with Crippen LogP contribution in [0.25, 0.3) is 21.1 Å². The number of aromatic nitrogens is 4. The van der Waals surface area contributed by atoms with E-state index in [1.54, 1.807) is 23.7 Å². The molecular formula is C21H16FN5OS2. The SMILES string of the molecule is Cc1nc(-c2cccnc2)sc1-c1ccc(SCC(=O)Nc2ccc(F)cc2)nn1. The highest BCUT2D eigenvalue weighted by atomic mass is 32.2. The molecule has 6 nitrogen and oxygen atoms in total. The second-order valence-corrected chi connectivity index (χ2v) is 8.27. The lowest BCUT2D eigenvalue weighted by molar-refractivity contribution is -0.113. The molecule has 1 N–H and O–H groups in total. The van der Waals surface area contributed by atoms with Crippen molar-refractivity contribution in [2.75, 3.05) is 11.1 Å². The Bertz CT molecular complexity index is 1150. The summed E-state index contributed by atoms with van der Waals surface area (Å²) in [5.74, 6) is -0.366. The van der Waals surface area contributed by atoms with Crippen molar-refractivity contribution in [3.8, 4) is 21.1 Å². The molecular weight excluding hydrogens is 421 g/mol. The molecule has 3 heterocycles. The zero-order chi connectivity index (χ0) is 20.9. The van der Waals surface area contributed by atoms with Gasteiger partial charge >= 0.3 is 0 Å². The number of halogens is 1. The Labute approximate surface area is 180 Å². The Hall–Kier alpha value is -3.17. The summed E-state index contributed by atoms with van der Waals surface area (Å²) in [4.78, 5) is 21.8. The molecule has 1 amide bonds. The number of aryl methyl sites for hydroxylation is 1. The van der Waals surface area contributed by atoms with Gasteiger partial charge in [-0.1, -0.05) is 11.8 Å².